The van der Waals surface area contributed by atoms with Crippen molar-refractivity contribution >= 4 is 18.0 Å². The van der Waals surface area contributed by atoms with E-state index in [9.17, 15) is 9.59 Å². The summed E-state index contributed by atoms with van der Waals surface area (Å²) in [4.78, 5) is 22.9. The maximum Gasteiger partial charge on any atom is 0.328 e. The molecule has 0 saturated heterocycles. The van der Waals surface area contributed by atoms with Gasteiger partial charge in [0, 0.05) is 6.08 Å². The van der Waals surface area contributed by atoms with Crippen LogP contribution in [0, 0.1) is 0 Å². The van der Waals surface area contributed by atoms with E-state index >= 15 is 0 Å². The molecule has 22 heavy (non-hydrogen) atoms. The molecule has 0 heterocycles. The molecule has 0 radical (unpaired) electrons. The van der Waals surface area contributed by atoms with Gasteiger partial charge in [0.1, 0.15) is 6.04 Å². The highest BCUT2D eigenvalue weighted by molar-refractivity contribution is 5.94. The molecule has 6 heteroatoms. The Labute approximate surface area is 130 Å². The van der Waals surface area contributed by atoms with Crippen LogP contribution in [0.3, 0.4) is 0 Å². The Morgan fingerprint density at radius 2 is 2.00 bits per heavy atom. The number of ether oxygens (including phenoxy) is 3. The van der Waals surface area contributed by atoms with E-state index in [2.05, 4.69) is 10.1 Å². The van der Waals surface area contributed by atoms with E-state index in [4.69, 9.17) is 9.47 Å². The molecule has 0 spiro atoms. The molecule has 6 nitrogen and oxygen atoms in total. The number of nitrogens with one attached hydrogen (secondary N) is 1. The third kappa shape index (κ3) is 5.12. The number of esters is 1. The zero-order valence-corrected chi connectivity index (χ0v) is 13.2. The Bertz CT molecular complexity index is 553. The SMILES string of the molecule is CCOc1ccc(/C=C/C(=O)N[C@@H](C)C(=O)OC)cc1OC. The number of amides is 1. The van der Waals surface area contributed by atoms with Crippen molar-refractivity contribution in [3.8, 4) is 11.5 Å². The Hall–Kier alpha value is -2.50. The van der Waals surface area contributed by atoms with E-state index in [0.717, 1.165) is 5.56 Å². The first-order valence-electron chi connectivity index (χ1n) is 6.89. The Balaban J connectivity index is 2.73. The fourth-order valence-corrected chi connectivity index (χ4v) is 1.73. The third-order valence-electron chi connectivity index (χ3n) is 2.83. The Morgan fingerprint density at radius 3 is 2.59 bits per heavy atom. The predicted molar refractivity (Wildman–Crippen MR) is 82.8 cm³/mol. The molecule has 1 aromatic carbocycles. The van der Waals surface area contributed by atoms with E-state index in [0.29, 0.717) is 18.1 Å². The highest BCUT2D eigenvalue weighted by Gasteiger charge is 2.14. The van der Waals surface area contributed by atoms with Gasteiger partial charge in [0.2, 0.25) is 5.91 Å². The molecule has 0 fully saturated rings. The zero-order valence-electron chi connectivity index (χ0n) is 13.2. The van der Waals surface area contributed by atoms with Gasteiger partial charge in [-0.05, 0) is 37.6 Å². The maximum atomic E-state index is 11.7. The van der Waals surface area contributed by atoms with Crippen molar-refractivity contribution in [2.24, 2.45) is 0 Å². The third-order valence-corrected chi connectivity index (χ3v) is 2.83. The molecule has 0 unspecified atom stereocenters. The lowest BCUT2D eigenvalue weighted by Crippen LogP contribution is -2.38. The van der Waals surface area contributed by atoms with Crippen molar-refractivity contribution in [1.29, 1.82) is 0 Å². The lowest BCUT2D eigenvalue weighted by molar-refractivity contribution is -0.144. The van der Waals surface area contributed by atoms with Crippen molar-refractivity contribution in [2.75, 3.05) is 20.8 Å². The summed E-state index contributed by atoms with van der Waals surface area (Å²) in [7, 11) is 2.82. The normalized spacial score (nSPS) is 11.8. The summed E-state index contributed by atoms with van der Waals surface area (Å²) in [5, 5.41) is 2.50. The van der Waals surface area contributed by atoms with Crippen molar-refractivity contribution in [3.05, 3.63) is 29.8 Å². The summed E-state index contributed by atoms with van der Waals surface area (Å²) in [6.45, 7) is 3.98. The molecular weight excluding hydrogens is 286 g/mol. The van der Waals surface area contributed by atoms with Crippen molar-refractivity contribution < 1.29 is 23.8 Å². The van der Waals surface area contributed by atoms with Gasteiger partial charge >= 0.3 is 5.97 Å². The smallest absolute Gasteiger partial charge is 0.328 e. The van der Waals surface area contributed by atoms with Crippen molar-refractivity contribution in [1.82, 2.24) is 5.32 Å². The van der Waals surface area contributed by atoms with Gasteiger partial charge in [-0.25, -0.2) is 4.79 Å². The van der Waals surface area contributed by atoms with Crippen LogP contribution in [0.2, 0.25) is 0 Å². The van der Waals surface area contributed by atoms with Crippen molar-refractivity contribution in [3.63, 3.8) is 0 Å². The molecule has 1 rings (SSSR count). The molecule has 120 valence electrons. The molecule has 1 atom stereocenters. The summed E-state index contributed by atoms with van der Waals surface area (Å²) >= 11 is 0. The first-order valence-corrected chi connectivity index (χ1v) is 6.89. The highest BCUT2D eigenvalue weighted by atomic mass is 16.5. The van der Waals surface area contributed by atoms with E-state index in [1.54, 1.807) is 38.3 Å². The molecule has 0 aliphatic rings. The van der Waals surface area contributed by atoms with E-state index in [1.807, 2.05) is 6.92 Å². The molecule has 0 saturated carbocycles. The Morgan fingerprint density at radius 1 is 1.27 bits per heavy atom. The minimum atomic E-state index is -0.697. The molecule has 0 bridgehead atoms. The lowest BCUT2D eigenvalue weighted by atomic mass is 10.2. The van der Waals surface area contributed by atoms with E-state index in [1.165, 1.54) is 13.2 Å². The monoisotopic (exact) mass is 307 g/mol. The largest absolute Gasteiger partial charge is 0.493 e. The van der Waals surface area contributed by atoms with Crippen LogP contribution in [0.5, 0.6) is 11.5 Å². The number of carbonyl (C=O) groups is 2. The van der Waals surface area contributed by atoms with Gasteiger partial charge in [0.15, 0.2) is 11.5 Å². The summed E-state index contributed by atoms with van der Waals surface area (Å²) in [5.74, 6) is 0.355. The minimum absolute atomic E-state index is 0.384. The molecule has 1 aromatic rings. The summed E-state index contributed by atoms with van der Waals surface area (Å²) in [5.41, 5.74) is 0.779. The van der Waals surface area contributed by atoms with E-state index < -0.39 is 12.0 Å². The molecule has 0 aromatic heterocycles. The molecule has 1 N–H and O–H groups in total. The van der Waals surface area contributed by atoms with Crippen molar-refractivity contribution in [2.45, 2.75) is 19.9 Å². The molecule has 0 aliphatic carbocycles. The van der Waals surface area contributed by atoms with Crippen LogP contribution in [0.15, 0.2) is 24.3 Å². The highest BCUT2D eigenvalue weighted by Crippen LogP contribution is 2.28. The second-order valence-electron chi connectivity index (χ2n) is 4.43. The predicted octanol–water partition coefficient (Wildman–Crippen LogP) is 1.78. The van der Waals surface area contributed by atoms with Crippen LogP contribution in [0.4, 0.5) is 0 Å². The fraction of sp³-hybridized carbons (Fsp3) is 0.375. The van der Waals surface area contributed by atoms with Gasteiger partial charge in [0.25, 0.3) is 0 Å². The van der Waals surface area contributed by atoms with Crippen LogP contribution in [0.25, 0.3) is 6.08 Å². The first kappa shape index (κ1) is 17.6. The Kier molecular flexibility index (Phi) is 6.95. The quantitative estimate of drug-likeness (QED) is 0.614. The van der Waals surface area contributed by atoms with Crippen LogP contribution in [-0.2, 0) is 14.3 Å². The number of methoxy groups -OCH3 is 2. The molecule has 0 aliphatic heterocycles. The van der Waals surface area contributed by atoms with Crippen LogP contribution in [-0.4, -0.2) is 38.7 Å². The first-order chi connectivity index (χ1) is 10.5. The van der Waals surface area contributed by atoms with Gasteiger partial charge < -0.3 is 19.5 Å². The topological polar surface area (TPSA) is 73.9 Å². The summed E-state index contributed by atoms with van der Waals surface area (Å²) in [6.07, 6.45) is 2.96. The summed E-state index contributed by atoms with van der Waals surface area (Å²) in [6, 6.07) is 4.65. The van der Waals surface area contributed by atoms with Crippen LogP contribution < -0.4 is 14.8 Å². The van der Waals surface area contributed by atoms with Gasteiger partial charge in [-0.3, -0.25) is 4.79 Å². The van der Waals surface area contributed by atoms with Gasteiger partial charge in [-0.1, -0.05) is 6.07 Å². The number of benzene rings is 1. The second kappa shape index (κ2) is 8.71. The number of rotatable bonds is 7. The van der Waals surface area contributed by atoms with Crippen LogP contribution in [0.1, 0.15) is 19.4 Å². The second-order valence-corrected chi connectivity index (χ2v) is 4.43. The van der Waals surface area contributed by atoms with Gasteiger partial charge in [0.05, 0.1) is 20.8 Å². The average Bonchev–Trinajstić information content (AvgIpc) is 2.53. The average molecular weight is 307 g/mol. The fourth-order valence-electron chi connectivity index (χ4n) is 1.73. The standard InChI is InChI=1S/C16H21NO5/c1-5-22-13-8-6-12(10-14(13)20-3)7-9-15(18)17-11(2)16(19)21-4/h6-11H,5H2,1-4H3,(H,17,18)/b9-7+/t11-/m0/s1. The zero-order chi connectivity index (χ0) is 16.5. The number of carbonyl (C=O) groups excluding carboxylic acids is 2. The lowest BCUT2D eigenvalue weighted by Gasteiger charge is -2.10. The van der Waals surface area contributed by atoms with Gasteiger partial charge in [-0.2, -0.15) is 0 Å². The van der Waals surface area contributed by atoms with Crippen LogP contribution >= 0.6 is 0 Å². The van der Waals surface area contributed by atoms with E-state index in [-0.39, 0.29) is 5.91 Å². The molecule has 1 amide bonds. The van der Waals surface area contributed by atoms with Gasteiger partial charge in [-0.15, -0.1) is 0 Å². The number of hydrogen-bond acceptors (Lipinski definition) is 5. The molecular formula is C16H21NO5. The maximum absolute atomic E-state index is 11.7. The summed E-state index contributed by atoms with van der Waals surface area (Å²) < 4.78 is 15.2. The number of hydrogen-bond donors (Lipinski definition) is 1. The minimum Gasteiger partial charge on any atom is -0.493 e.